The molecule has 2 saturated heterocycles. The fourth-order valence-corrected chi connectivity index (χ4v) is 7.11. The number of rotatable bonds is 37. The van der Waals surface area contributed by atoms with Gasteiger partial charge in [0.2, 0.25) is 0 Å². The topological polar surface area (TPSA) is 214 Å². The fourth-order valence-electron chi connectivity index (χ4n) is 7.11. The van der Waals surface area contributed by atoms with E-state index in [1.165, 1.54) is 19.3 Å². The van der Waals surface area contributed by atoms with Crippen molar-refractivity contribution in [2.75, 3.05) is 33.0 Å². The van der Waals surface area contributed by atoms with Gasteiger partial charge in [0.15, 0.2) is 12.6 Å². The van der Waals surface area contributed by atoms with Gasteiger partial charge >= 0.3 is 5.97 Å². The van der Waals surface area contributed by atoms with Crippen LogP contribution in [0.3, 0.4) is 0 Å². The van der Waals surface area contributed by atoms with E-state index in [1.54, 1.807) is 0 Å². The summed E-state index contributed by atoms with van der Waals surface area (Å²) >= 11 is 0. The van der Waals surface area contributed by atoms with E-state index in [-0.39, 0.29) is 19.6 Å². The number of carbonyl (C=O) groups is 1. The third-order valence-corrected chi connectivity index (χ3v) is 11.1. The molecule has 0 amide bonds. The lowest BCUT2D eigenvalue weighted by molar-refractivity contribution is -0.332. The van der Waals surface area contributed by atoms with Gasteiger partial charge in [-0.15, -0.1) is 0 Å². The van der Waals surface area contributed by atoms with Gasteiger partial charge in [-0.05, 0) is 77.0 Å². The Morgan fingerprint density at radius 1 is 0.493 bits per heavy atom. The Labute approximate surface area is 401 Å². The van der Waals surface area contributed by atoms with Crippen LogP contribution < -0.4 is 0 Å². The van der Waals surface area contributed by atoms with Gasteiger partial charge in [-0.25, -0.2) is 0 Å². The van der Waals surface area contributed by atoms with Gasteiger partial charge < -0.3 is 64.2 Å². The molecule has 0 saturated carbocycles. The molecule has 2 aliphatic rings. The first-order chi connectivity index (χ1) is 32.6. The van der Waals surface area contributed by atoms with Crippen LogP contribution in [-0.2, 0) is 33.2 Å². The predicted octanol–water partition coefficient (Wildman–Crippen LogP) is 7.07. The molecule has 382 valence electrons. The molecule has 67 heavy (non-hydrogen) atoms. The number of unbranched alkanes of at least 4 members (excludes halogenated alkanes) is 7. The molecule has 0 aliphatic carbocycles. The number of esters is 1. The van der Waals surface area contributed by atoms with Crippen molar-refractivity contribution in [1.82, 2.24) is 0 Å². The monoisotopic (exact) mass is 947 g/mol. The maximum Gasteiger partial charge on any atom is 0.306 e. The highest BCUT2D eigenvalue weighted by Crippen LogP contribution is 2.26. The van der Waals surface area contributed by atoms with Gasteiger partial charge in [0.1, 0.15) is 54.9 Å². The molecule has 0 aromatic carbocycles. The molecule has 14 heteroatoms. The van der Waals surface area contributed by atoms with E-state index in [1.807, 2.05) is 12.2 Å². The maximum absolute atomic E-state index is 12.9. The molecule has 0 spiro atoms. The SMILES string of the molecule is CC/C=C\C/C=C\C/C=C\C/C=C\CCCCCCCCCOCC(COC1OC(COC2OC(CO)C(O)C(O)C2O)C(O)C(O)C1O)OC(=O)CC/C=C\C/C=C\C/C=C\C/C=C\CC. The van der Waals surface area contributed by atoms with Gasteiger partial charge in [0.25, 0.3) is 0 Å². The summed E-state index contributed by atoms with van der Waals surface area (Å²) in [6.07, 6.45) is 34.9. The van der Waals surface area contributed by atoms with Crippen LogP contribution >= 0.6 is 0 Å². The van der Waals surface area contributed by atoms with Crippen LogP contribution in [0.15, 0.2) is 97.2 Å². The zero-order chi connectivity index (χ0) is 48.7. The zero-order valence-corrected chi connectivity index (χ0v) is 40.3. The molecule has 11 unspecified atom stereocenters. The van der Waals surface area contributed by atoms with Crippen LogP contribution in [0.1, 0.15) is 129 Å². The van der Waals surface area contributed by atoms with E-state index >= 15 is 0 Å². The summed E-state index contributed by atoms with van der Waals surface area (Å²) < 4.78 is 34.1. The smallest absolute Gasteiger partial charge is 0.306 e. The molecule has 0 radical (unpaired) electrons. The Balaban J connectivity index is 1.80. The third kappa shape index (κ3) is 27.6. The largest absolute Gasteiger partial charge is 0.457 e. The summed E-state index contributed by atoms with van der Waals surface area (Å²) in [7, 11) is 0. The van der Waals surface area contributed by atoms with Crippen molar-refractivity contribution >= 4 is 5.97 Å². The van der Waals surface area contributed by atoms with Crippen LogP contribution in [0.4, 0.5) is 0 Å². The van der Waals surface area contributed by atoms with Gasteiger partial charge in [-0.1, -0.05) is 143 Å². The van der Waals surface area contributed by atoms with Crippen LogP contribution in [0.5, 0.6) is 0 Å². The standard InChI is InChI=1S/C53H86O14/c1-3-5-7-9-11-13-15-17-18-19-20-21-22-23-25-27-29-31-33-35-37-62-39-42(65-45(55)36-34-32-30-28-26-24-16-14-12-10-8-6-4-2)40-63-52-51(61)49(59)47(57)44(67-52)41-64-53-50(60)48(58)46(56)43(38-54)66-53/h5-8,11-14,17-18,20-21,24,26,30,32,42-44,46-54,56-61H,3-4,9-10,15-16,19,22-23,25,27-29,31,33-41H2,1-2H3/b7-5-,8-6-,13-11-,14-12-,18-17-,21-20-,26-24-,32-30-. The summed E-state index contributed by atoms with van der Waals surface area (Å²) in [6, 6.07) is 0. The van der Waals surface area contributed by atoms with E-state index in [2.05, 4.69) is 98.9 Å². The fraction of sp³-hybridized carbons (Fsp3) is 0.679. The molecule has 2 fully saturated rings. The molecular formula is C53H86O14. The maximum atomic E-state index is 12.9. The van der Waals surface area contributed by atoms with Crippen molar-refractivity contribution in [2.24, 2.45) is 0 Å². The first-order valence-electron chi connectivity index (χ1n) is 24.8. The Hall–Kier alpha value is -3.09. The predicted molar refractivity (Wildman–Crippen MR) is 261 cm³/mol. The van der Waals surface area contributed by atoms with Crippen LogP contribution in [-0.4, -0.2) is 142 Å². The van der Waals surface area contributed by atoms with E-state index in [0.717, 1.165) is 83.5 Å². The first-order valence-corrected chi connectivity index (χ1v) is 24.8. The van der Waals surface area contributed by atoms with E-state index in [0.29, 0.717) is 13.0 Å². The molecule has 2 heterocycles. The molecule has 2 aliphatic heterocycles. The summed E-state index contributed by atoms with van der Waals surface area (Å²) in [6.45, 7) is 3.30. The second kappa shape index (κ2) is 39.7. The quantitative estimate of drug-likeness (QED) is 0.0189. The van der Waals surface area contributed by atoms with E-state index < -0.39 is 86.7 Å². The highest BCUT2D eigenvalue weighted by molar-refractivity contribution is 5.69. The average Bonchev–Trinajstić information content (AvgIpc) is 3.32. The lowest BCUT2D eigenvalue weighted by Crippen LogP contribution is -2.61. The minimum Gasteiger partial charge on any atom is -0.457 e. The molecule has 2 rings (SSSR count). The van der Waals surface area contributed by atoms with Crippen LogP contribution in [0.2, 0.25) is 0 Å². The Morgan fingerprint density at radius 2 is 0.925 bits per heavy atom. The normalized spacial score (nSPS) is 26.9. The van der Waals surface area contributed by atoms with E-state index in [9.17, 15) is 40.5 Å². The Kier molecular flexibility index (Phi) is 35.6. The summed E-state index contributed by atoms with van der Waals surface area (Å²) in [5, 5.41) is 72.0. The Bertz CT molecular complexity index is 1470. The second-order valence-electron chi connectivity index (χ2n) is 16.9. The molecule has 0 bridgehead atoms. The van der Waals surface area contributed by atoms with Gasteiger partial charge in [-0.2, -0.15) is 0 Å². The second-order valence-corrected chi connectivity index (χ2v) is 16.9. The lowest BCUT2D eigenvalue weighted by Gasteiger charge is -2.42. The third-order valence-electron chi connectivity index (χ3n) is 11.1. The summed E-state index contributed by atoms with van der Waals surface area (Å²) in [5.41, 5.74) is 0. The molecule has 14 nitrogen and oxygen atoms in total. The number of carbonyl (C=O) groups excluding carboxylic acids is 1. The van der Waals surface area contributed by atoms with Gasteiger partial charge in [0.05, 0.1) is 26.4 Å². The van der Waals surface area contributed by atoms with Crippen LogP contribution in [0, 0.1) is 0 Å². The van der Waals surface area contributed by atoms with Gasteiger partial charge in [0, 0.05) is 13.0 Å². The summed E-state index contributed by atoms with van der Waals surface area (Å²) in [4.78, 5) is 12.9. The number of aliphatic hydroxyl groups excluding tert-OH is 7. The van der Waals surface area contributed by atoms with Crippen molar-refractivity contribution in [2.45, 2.75) is 197 Å². The molecular weight excluding hydrogens is 861 g/mol. The lowest BCUT2D eigenvalue weighted by atomic mass is 9.98. The number of hydrogen-bond donors (Lipinski definition) is 7. The number of hydrogen-bond acceptors (Lipinski definition) is 14. The van der Waals surface area contributed by atoms with E-state index in [4.69, 9.17) is 28.4 Å². The van der Waals surface area contributed by atoms with Crippen molar-refractivity contribution in [3.8, 4) is 0 Å². The molecule has 11 atom stereocenters. The highest BCUT2D eigenvalue weighted by Gasteiger charge is 2.47. The molecule has 0 aromatic heterocycles. The van der Waals surface area contributed by atoms with Crippen molar-refractivity contribution in [3.05, 3.63) is 97.2 Å². The number of allylic oxidation sites excluding steroid dienone is 16. The van der Waals surface area contributed by atoms with Crippen LogP contribution in [0.25, 0.3) is 0 Å². The van der Waals surface area contributed by atoms with Crippen molar-refractivity contribution in [1.29, 1.82) is 0 Å². The minimum atomic E-state index is -1.73. The molecule has 0 aromatic rings. The Morgan fingerprint density at radius 3 is 1.45 bits per heavy atom. The highest BCUT2D eigenvalue weighted by atomic mass is 16.7. The minimum absolute atomic E-state index is 0.0185. The zero-order valence-electron chi connectivity index (χ0n) is 40.3. The average molecular weight is 947 g/mol. The van der Waals surface area contributed by atoms with Crippen molar-refractivity contribution < 1.29 is 69.0 Å². The van der Waals surface area contributed by atoms with Gasteiger partial charge in [-0.3, -0.25) is 4.79 Å². The molecule has 7 N–H and O–H groups in total. The number of ether oxygens (including phenoxy) is 6. The number of aliphatic hydroxyl groups is 7. The van der Waals surface area contributed by atoms with Crippen molar-refractivity contribution in [3.63, 3.8) is 0 Å². The summed E-state index contributed by atoms with van der Waals surface area (Å²) in [5.74, 6) is -0.465. The first kappa shape index (κ1) is 60.0.